The highest BCUT2D eigenvalue weighted by Crippen LogP contribution is 2.23. The van der Waals surface area contributed by atoms with Gasteiger partial charge in [0.25, 0.3) is 21.8 Å². The molecule has 0 aliphatic carbocycles. The molecule has 0 fully saturated rings. The van der Waals surface area contributed by atoms with Crippen LogP contribution < -0.4 is 14.8 Å². The lowest BCUT2D eigenvalue weighted by Crippen LogP contribution is -2.31. The minimum absolute atomic E-state index is 0.0256. The zero-order valence-electron chi connectivity index (χ0n) is 13.9. The number of aromatic nitrogens is 1. The summed E-state index contributed by atoms with van der Waals surface area (Å²) in [6.45, 7) is 2.11. The van der Waals surface area contributed by atoms with Gasteiger partial charge >= 0.3 is 0 Å². The number of carbonyl (C=O) groups excluding carboxylic acids is 2. The monoisotopic (exact) mass is 397 g/mol. The molecule has 0 spiro atoms. The van der Waals surface area contributed by atoms with E-state index < -0.39 is 21.8 Å². The van der Waals surface area contributed by atoms with Gasteiger partial charge in [-0.3, -0.25) is 9.59 Å². The van der Waals surface area contributed by atoms with Gasteiger partial charge in [0.1, 0.15) is 10.5 Å². The van der Waals surface area contributed by atoms with Crippen molar-refractivity contribution in [2.75, 3.05) is 13.7 Å². The average Bonchev–Trinajstić information content (AvgIpc) is 2.61. The first kappa shape index (κ1) is 19.7. The highest BCUT2D eigenvalue weighted by molar-refractivity contribution is 7.90. The molecule has 0 radical (unpaired) electrons. The smallest absolute Gasteiger partial charge is 0.270 e. The lowest BCUT2D eigenvalue weighted by molar-refractivity contribution is 0.0953. The SMILES string of the molecule is CCNC(=O)c1ccc(Cl)c(S(=O)(=O)NC(=O)c2cccnc2OC)c1. The maximum Gasteiger partial charge on any atom is 0.270 e. The van der Waals surface area contributed by atoms with Gasteiger partial charge in [0, 0.05) is 18.3 Å². The summed E-state index contributed by atoms with van der Waals surface area (Å²) in [5.74, 6) is -1.42. The summed E-state index contributed by atoms with van der Waals surface area (Å²) in [6.07, 6.45) is 1.40. The second kappa shape index (κ2) is 8.15. The molecule has 1 aromatic heterocycles. The number of hydrogen-bond acceptors (Lipinski definition) is 6. The maximum atomic E-state index is 12.6. The summed E-state index contributed by atoms with van der Waals surface area (Å²) in [6, 6.07) is 6.59. The van der Waals surface area contributed by atoms with Gasteiger partial charge in [-0.2, -0.15) is 0 Å². The topological polar surface area (TPSA) is 114 Å². The third-order valence-electron chi connectivity index (χ3n) is 3.26. The third kappa shape index (κ3) is 4.30. The lowest BCUT2D eigenvalue weighted by atomic mass is 10.2. The largest absolute Gasteiger partial charge is 0.480 e. The minimum atomic E-state index is -4.33. The van der Waals surface area contributed by atoms with E-state index >= 15 is 0 Å². The molecule has 0 bridgehead atoms. The molecule has 0 aliphatic rings. The average molecular weight is 398 g/mol. The first-order valence-corrected chi connectivity index (χ1v) is 9.30. The predicted molar refractivity (Wildman–Crippen MR) is 94.9 cm³/mol. The van der Waals surface area contributed by atoms with Crippen molar-refractivity contribution in [3.05, 3.63) is 52.7 Å². The van der Waals surface area contributed by atoms with Crippen LogP contribution in [0.5, 0.6) is 5.88 Å². The Kier molecular flexibility index (Phi) is 6.17. The van der Waals surface area contributed by atoms with Crippen molar-refractivity contribution in [2.24, 2.45) is 0 Å². The number of benzene rings is 1. The second-order valence-electron chi connectivity index (χ2n) is 5.00. The molecule has 2 rings (SSSR count). The zero-order valence-corrected chi connectivity index (χ0v) is 15.5. The molecular weight excluding hydrogens is 382 g/mol. The van der Waals surface area contributed by atoms with E-state index in [2.05, 4.69) is 10.3 Å². The fraction of sp³-hybridized carbons (Fsp3) is 0.188. The van der Waals surface area contributed by atoms with E-state index in [1.807, 2.05) is 4.72 Å². The molecule has 0 unspecified atom stereocenters. The summed E-state index contributed by atoms with van der Waals surface area (Å²) >= 11 is 5.95. The lowest BCUT2D eigenvalue weighted by Gasteiger charge is -2.11. The van der Waals surface area contributed by atoms with Gasteiger partial charge < -0.3 is 10.1 Å². The maximum absolute atomic E-state index is 12.6. The van der Waals surface area contributed by atoms with Gasteiger partial charge in [0.2, 0.25) is 5.88 Å². The molecule has 1 heterocycles. The van der Waals surface area contributed by atoms with E-state index in [9.17, 15) is 18.0 Å². The summed E-state index contributed by atoms with van der Waals surface area (Å²) in [5.41, 5.74) is 0.0395. The van der Waals surface area contributed by atoms with Crippen molar-refractivity contribution in [2.45, 2.75) is 11.8 Å². The van der Waals surface area contributed by atoms with E-state index in [1.165, 1.54) is 37.6 Å². The number of amides is 2. The first-order valence-electron chi connectivity index (χ1n) is 7.44. The van der Waals surface area contributed by atoms with E-state index in [4.69, 9.17) is 16.3 Å². The quantitative estimate of drug-likeness (QED) is 0.765. The molecule has 0 saturated heterocycles. The third-order valence-corrected chi connectivity index (χ3v) is 5.07. The van der Waals surface area contributed by atoms with Gasteiger partial charge in [0.15, 0.2) is 0 Å². The van der Waals surface area contributed by atoms with Crippen LogP contribution in [-0.4, -0.2) is 38.9 Å². The number of methoxy groups -OCH3 is 1. The molecule has 0 atom stereocenters. The first-order chi connectivity index (χ1) is 12.3. The van der Waals surface area contributed by atoms with Crippen LogP contribution in [0.1, 0.15) is 27.6 Å². The number of ether oxygens (including phenoxy) is 1. The molecule has 2 amide bonds. The summed E-state index contributed by atoms with van der Waals surface area (Å²) in [5, 5.41) is 2.42. The zero-order chi connectivity index (χ0) is 19.3. The Hall–Kier alpha value is -2.65. The molecule has 26 heavy (non-hydrogen) atoms. The van der Waals surface area contributed by atoms with Crippen molar-refractivity contribution in [1.29, 1.82) is 0 Å². The number of pyridine rings is 1. The van der Waals surface area contributed by atoms with Gasteiger partial charge in [-0.1, -0.05) is 11.6 Å². The number of rotatable bonds is 6. The van der Waals surface area contributed by atoms with E-state index in [1.54, 1.807) is 6.92 Å². The Morgan fingerprint density at radius 1 is 1.23 bits per heavy atom. The molecule has 0 saturated carbocycles. The predicted octanol–water partition coefficient (Wildman–Crippen LogP) is 1.61. The van der Waals surface area contributed by atoms with E-state index in [0.29, 0.717) is 6.54 Å². The van der Waals surface area contributed by atoms with E-state index in [0.717, 1.165) is 6.07 Å². The fourth-order valence-electron chi connectivity index (χ4n) is 2.07. The molecule has 2 N–H and O–H groups in total. The number of nitrogens with one attached hydrogen (secondary N) is 2. The van der Waals surface area contributed by atoms with Crippen molar-refractivity contribution < 1.29 is 22.7 Å². The Morgan fingerprint density at radius 3 is 2.62 bits per heavy atom. The number of hydrogen-bond donors (Lipinski definition) is 2. The highest BCUT2D eigenvalue weighted by atomic mass is 35.5. The Balaban J connectivity index is 2.37. The number of carbonyl (C=O) groups is 2. The molecule has 1 aromatic carbocycles. The molecule has 2 aromatic rings. The van der Waals surface area contributed by atoms with Crippen LogP contribution in [-0.2, 0) is 10.0 Å². The van der Waals surface area contributed by atoms with E-state index in [-0.39, 0.29) is 26.9 Å². The van der Waals surface area contributed by atoms with Crippen LogP contribution in [0.4, 0.5) is 0 Å². The Morgan fingerprint density at radius 2 is 1.96 bits per heavy atom. The standard InChI is InChI=1S/C16H16ClN3O5S/c1-3-18-14(21)10-6-7-12(17)13(9-10)26(23,24)20-15(22)11-5-4-8-19-16(11)25-2/h4-9H,3H2,1-2H3,(H,18,21)(H,20,22). The summed E-state index contributed by atoms with van der Waals surface area (Å²) in [4.78, 5) is 27.7. The Bertz CT molecular complexity index is 947. The van der Waals surface area contributed by atoms with Gasteiger partial charge in [-0.15, -0.1) is 0 Å². The molecule has 8 nitrogen and oxygen atoms in total. The van der Waals surface area contributed by atoms with Crippen molar-refractivity contribution in [3.8, 4) is 5.88 Å². The number of halogens is 1. The second-order valence-corrected chi connectivity index (χ2v) is 7.06. The van der Waals surface area contributed by atoms with Crippen LogP contribution in [0.2, 0.25) is 5.02 Å². The van der Waals surface area contributed by atoms with Crippen LogP contribution in [0, 0.1) is 0 Å². The molecular formula is C16H16ClN3O5S. The van der Waals surface area contributed by atoms with Crippen LogP contribution in [0.25, 0.3) is 0 Å². The summed E-state index contributed by atoms with van der Waals surface area (Å²) in [7, 11) is -3.02. The van der Waals surface area contributed by atoms with Crippen LogP contribution in [0.15, 0.2) is 41.4 Å². The van der Waals surface area contributed by atoms with Crippen LogP contribution in [0.3, 0.4) is 0 Å². The minimum Gasteiger partial charge on any atom is -0.480 e. The number of nitrogens with zero attached hydrogens (tertiary/aromatic N) is 1. The van der Waals surface area contributed by atoms with Crippen molar-refractivity contribution >= 4 is 33.4 Å². The van der Waals surface area contributed by atoms with Gasteiger partial charge in [0.05, 0.1) is 12.1 Å². The van der Waals surface area contributed by atoms with Gasteiger partial charge in [-0.05, 0) is 37.3 Å². The van der Waals surface area contributed by atoms with Crippen molar-refractivity contribution in [3.63, 3.8) is 0 Å². The molecule has 138 valence electrons. The number of sulfonamides is 1. The van der Waals surface area contributed by atoms with Gasteiger partial charge in [-0.25, -0.2) is 18.1 Å². The summed E-state index contributed by atoms with van der Waals surface area (Å²) < 4.78 is 32.0. The van der Waals surface area contributed by atoms with Crippen LogP contribution >= 0.6 is 11.6 Å². The molecule has 10 heteroatoms. The Labute approximate surface area is 155 Å². The highest BCUT2D eigenvalue weighted by Gasteiger charge is 2.25. The fourth-order valence-corrected chi connectivity index (χ4v) is 3.56. The normalized spacial score (nSPS) is 10.9. The van der Waals surface area contributed by atoms with Crippen molar-refractivity contribution in [1.82, 2.24) is 15.0 Å². The molecule has 0 aliphatic heterocycles.